The average molecular weight is 634 g/mol. The van der Waals surface area contributed by atoms with Gasteiger partial charge in [-0.2, -0.15) is 31.4 Å². The molecule has 0 saturated heterocycles. The number of fused-ring (bicyclic) bond motifs is 1. The molecular weight excluding hydrogens is 607 g/mol. The van der Waals surface area contributed by atoms with Gasteiger partial charge >= 0.3 is 12.4 Å². The Morgan fingerprint density at radius 1 is 0.933 bits per heavy atom. The molecular formula is C31H26F7N5O2. The summed E-state index contributed by atoms with van der Waals surface area (Å²) in [6.45, 7) is -0.0337. The Hall–Kier alpha value is -4.72. The van der Waals surface area contributed by atoms with Gasteiger partial charge in [0.1, 0.15) is 17.7 Å². The number of benzene rings is 3. The van der Waals surface area contributed by atoms with E-state index in [4.69, 9.17) is 0 Å². The third-order valence-electron chi connectivity index (χ3n) is 7.31. The van der Waals surface area contributed by atoms with Crippen LogP contribution in [-0.2, 0) is 17.5 Å². The maximum atomic E-state index is 14.2. The molecule has 7 nitrogen and oxygen atoms in total. The van der Waals surface area contributed by atoms with Crippen LogP contribution < -0.4 is 15.5 Å². The van der Waals surface area contributed by atoms with Gasteiger partial charge < -0.3 is 10.6 Å². The number of aromatic nitrogens is 2. The summed E-state index contributed by atoms with van der Waals surface area (Å²) < 4.78 is 94.9. The molecule has 236 valence electrons. The highest BCUT2D eigenvalue weighted by Crippen LogP contribution is 2.44. The Morgan fingerprint density at radius 3 is 2.24 bits per heavy atom. The second kappa shape index (κ2) is 12.3. The van der Waals surface area contributed by atoms with Crippen molar-refractivity contribution in [2.75, 3.05) is 18.0 Å². The molecule has 0 aliphatic carbocycles. The van der Waals surface area contributed by atoms with Crippen LogP contribution in [0.5, 0.6) is 0 Å². The molecule has 0 fully saturated rings. The van der Waals surface area contributed by atoms with E-state index >= 15 is 0 Å². The minimum atomic E-state index is -4.73. The molecule has 0 spiro atoms. The third-order valence-corrected chi connectivity index (χ3v) is 7.31. The average Bonchev–Trinajstić information content (AvgIpc) is 3.36. The fourth-order valence-corrected chi connectivity index (χ4v) is 5.37. The largest absolute Gasteiger partial charge is 0.416 e. The molecule has 1 aromatic heterocycles. The number of halogens is 7. The van der Waals surface area contributed by atoms with Crippen molar-refractivity contribution >= 4 is 17.6 Å². The Labute approximate surface area is 252 Å². The van der Waals surface area contributed by atoms with Gasteiger partial charge in [-0.3, -0.25) is 14.5 Å². The van der Waals surface area contributed by atoms with E-state index in [1.807, 2.05) is 0 Å². The van der Waals surface area contributed by atoms with E-state index in [9.17, 15) is 40.3 Å². The Bertz CT molecular complexity index is 1690. The van der Waals surface area contributed by atoms with Crippen molar-refractivity contribution in [2.45, 2.75) is 37.8 Å². The number of para-hydroxylation sites is 1. The highest BCUT2D eigenvalue weighted by atomic mass is 19.4. The molecule has 14 heteroatoms. The van der Waals surface area contributed by atoms with Crippen LogP contribution in [0.3, 0.4) is 0 Å². The van der Waals surface area contributed by atoms with Gasteiger partial charge in [0.15, 0.2) is 0 Å². The van der Waals surface area contributed by atoms with Gasteiger partial charge in [0.05, 0.1) is 23.5 Å². The van der Waals surface area contributed by atoms with Crippen molar-refractivity contribution < 1.29 is 40.3 Å². The number of rotatable bonds is 8. The van der Waals surface area contributed by atoms with Crippen LogP contribution >= 0.6 is 0 Å². The molecule has 2 atom stereocenters. The number of carbonyl (C=O) groups excluding carboxylic acids is 2. The normalized spacial score (nSPS) is 16.9. The van der Waals surface area contributed by atoms with Crippen LogP contribution in [0.25, 0.3) is 5.69 Å². The maximum absolute atomic E-state index is 14.2. The molecule has 3 aromatic carbocycles. The zero-order valence-corrected chi connectivity index (χ0v) is 23.6. The number of hydrogen-bond acceptors (Lipinski definition) is 4. The van der Waals surface area contributed by atoms with Gasteiger partial charge in [-0.25, -0.2) is 9.07 Å². The van der Waals surface area contributed by atoms with Gasteiger partial charge in [0.2, 0.25) is 0 Å². The highest BCUT2D eigenvalue weighted by molar-refractivity contribution is 6.05. The van der Waals surface area contributed by atoms with E-state index in [-0.39, 0.29) is 35.7 Å². The van der Waals surface area contributed by atoms with Crippen molar-refractivity contribution in [3.8, 4) is 5.69 Å². The van der Waals surface area contributed by atoms with Gasteiger partial charge in [0.25, 0.3) is 11.8 Å². The van der Waals surface area contributed by atoms with Crippen LogP contribution in [0.15, 0.2) is 78.9 Å². The first kappa shape index (κ1) is 31.7. The molecule has 1 aliphatic rings. The summed E-state index contributed by atoms with van der Waals surface area (Å²) in [7, 11) is 0. The van der Waals surface area contributed by atoms with Crippen LogP contribution in [0, 0.1) is 5.82 Å². The Balaban J connectivity index is 1.68. The van der Waals surface area contributed by atoms with Crippen molar-refractivity contribution in [2.24, 2.45) is 0 Å². The SMILES string of the molecule is CCN1C(=O)[C@@H](NC(=O)c2cccc(C(F)(F)F)c2)[C@@H](c2ccc(F)cc2)c2c(CNCC(F)(F)F)nn(-c3ccccc3)c21. The van der Waals surface area contributed by atoms with Crippen LogP contribution in [0.1, 0.15) is 45.6 Å². The number of likely N-dealkylation sites (N-methyl/N-ethyl adjacent to an activating group) is 1. The molecule has 45 heavy (non-hydrogen) atoms. The summed E-state index contributed by atoms with van der Waals surface area (Å²) >= 11 is 0. The minimum absolute atomic E-state index is 0.0475. The molecule has 4 aromatic rings. The smallest absolute Gasteiger partial charge is 0.339 e. The first-order valence-corrected chi connectivity index (χ1v) is 13.8. The van der Waals surface area contributed by atoms with E-state index in [2.05, 4.69) is 15.7 Å². The summed E-state index contributed by atoms with van der Waals surface area (Å²) in [5.74, 6) is -3.11. The van der Waals surface area contributed by atoms with Crippen LogP contribution in [0.4, 0.5) is 36.6 Å². The zero-order chi connectivity index (χ0) is 32.5. The standard InChI is InChI=1S/C31H26F7N5O2/c1-2-42-28-25(23(16-39-17-30(33,34)35)41-43(28)22-9-4-3-5-10-22)24(18-11-13-21(32)14-12-18)26(29(42)45)40-27(44)19-7-6-8-20(15-19)31(36,37)38/h3-15,24,26,39H,2,16-17H2,1H3,(H,40,44)/t24-,26-/m0/s1. The molecule has 2 N–H and O–H groups in total. The Morgan fingerprint density at radius 2 is 1.62 bits per heavy atom. The van der Waals surface area contributed by atoms with Crippen LogP contribution in [0.2, 0.25) is 0 Å². The van der Waals surface area contributed by atoms with Gasteiger partial charge in [-0.05, 0) is 55.0 Å². The summed E-state index contributed by atoms with van der Waals surface area (Å²) in [6, 6.07) is 15.8. The fourth-order valence-electron chi connectivity index (χ4n) is 5.37. The van der Waals surface area contributed by atoms with Crippen LogP contribution in [-0.4, -0.2) is 46.9 Å². The van der Waals surface area contributed by atoms with Crippen molar-refractivity contribution in [1.29, 1.82) is 0 Å². The van der Waals surface area contributed by atoms with Gasteiger partial charge in [-0.1, -0.05) is 36.4 Å². The molecule has 2 amide bonds. The first-order chi connectivity index (χ1) is 21.3. The van der Waals surface area contributed by atoms with E-state index in [0.717, 1.165) is 30.3 Å². The highest BCUT2D eigenvalue weighted by Gasteiger charge is 2.46. The number of carbonyl (C=O) groups is 2. The quantitative estimate of drug-likeness (QED) is 0.234. The molecule has 1 aliphatic heterocycles. The summed E-state index contributed by atoms with van der Waals surface area (Å²) in [6.07, 6.45) is -9.27. The van der Waals surface area contributed by atoms with Gasteiger partial charge in [-0.15, -0.1) is 0 Å². The monoisotopic (exact) mass is 633 g/mol. The van der Waals surface area contributed by atoms with Crippen molar-refractivity contribution in [1.82, 2.24) is 20.4 Å². The predicted octanol–water partition coefficient (Wildman–Crippen LogP) is 5.98. The summed E-state index contributed by atoms with van der Waals surface area (Å²) in [5, 5.41) is 9.48. The Kier molecular flexibility index (Phi) is 8.70. The molecule has 0 bridgehead atoms. The molecule has 0 saturated carbocycles. The van der Waals surface area contributed by atoms with E-state index in [0.29, 0.717) is 17.3 Å². The second-order valence-corrected chi connectivity index (χ2v) is 10.3. The summed E-state index contributed by atoms with van der Waals surface area (Å²) in [4.78, 5) is 28.9. The third kappa shape index (κ3) is 6.70. The summed E-state index contributed by atoms with van der Waals surface area (Å²) in [5.41, 5.74) is -0.212. The lowest BCUT2D eigenvalue weighted by Gasteiger charge is -2.38. The second-order valence-electron chi connectivity index (χ2n) is 10.3. The minimum Gasteiger partial charge on any atom is -0.339 e. The molecule has 0 radical (unpaired) electrons. The van der Waals surface area contributed by atoms with E-state index in [1.54, 1.807) is 37.3 Å². The number of alkyl halides is 6. The first-order valence-electron chi connectivity index (χ1n) is 13.8. The molecule has 2 heterocycles. The molecule has 0 unspecified atom stereocenters. The lowest BCUT2D eigenvalue weighted by molar-refractivity contribution is -0.137. The zero-order valence-electron chi connectivity index (χ0n) is 23.6. The predicted molar refractivity (Wildman–Crippen MR) is 150 cm³/mol. The van der Waals surface area contributed by atoms with Crippen molar-refractivity contribution in [3.63, 3.8) is 0 Å². The lowest BCUT2D eigenvalue weighted by Crippen LogP contribution is -2.55. The van der Waals surface area contributed by atoms with E-state index in [1.165, 1.54) is 21.7 Å². The number of amides is 2. The number of nitrogens with zero attached hydrogens (tertiary/aromatic N) is 3. The fraction of sp³-hybridized carbons (Fsp3) is 0.258. The topological polar surface area (TPSA) is 79.3 Å². The lowest BCUT2D eigenvalue weighted by atomic mass is 9.80. The number of anilines is 1. The molecule has 5 rings (SSSR count). The maximum Gasteiger partial charge on any atom is 0.416 e. The van der Waals surface area contributed by atoms with Crippen molar-refractivity contribution in [3.05, 3.63) is 113 Å². The number of nitrogens with one attached hydrogen (secondary N) is 2. The van der Waals surface area contributed by atoms with E-state index < -0.39 is 54.1 Å². The van der Waals surface area contributed by atoms with Gasteiger partial charge in [0, 0.05) is 30.1 Å². The number of hydrogen-bond donors (Lipinski definition) is 2.